The van der Waals surface area contributed by atoms with Crippen LogP contribution in [0.5, 0.6) is 0 Å². The first-order valence-electron chi connectivity index (χ1n) is 9.09. The monoisotopic (exact) mass is 320 g/mol. The van der Waals surface area contributed by atoms with Gasteiger partial charge in [0.25, 0.3) is 0 Å². The van der Waals surface area contributed by atoms with Gasteiger partial charge in [0.2, 0.25) is 0 Å². The van der Waals surface area contributed by atoms with Crippen LogP contribution in [0, 0.1) is 34.5 Å². The number of hydrogen-bond donors (Lipinski definition) is 1. The number of aliphatic hydroxyl groups is 1. The largest absolute Gasteiger partial charge is 0.393 e. The van der Waals surface area contributed by atoms with Crippen LogP contribution in [0.25, 0.3) is 0 Å². The van der Waals surface area contributed by atoms with Gasteiger partial charge in [-0.3, -0.25) is 4.79 Å². The second kappa shape index (κ2) is 4.19. The molecule has 1 N–H and O–H groups in total. The number of Topliss-reactive ketones (excluding diaryl/α,β-unsaturated/α-hetero) is 1. The molecule has 5 aliphatic carbocycles. The summed E-state index contributed by atoms with van der Waals surface area (Å²) in [4.78, 5) is 11.9. The number of rotatable bonds is 0. The SMILES string of the molecule is C[C@]12CC[C@H]3[C@@H](CCC4=C(Cl)C(=O)CC[C@@H]43)[C@@]13C[C@H]3C[C@H]2O. The van der Waals surface area contributed by atoms with Gasteiger partial charge in [-0.25, -0.2) is 0 Å². The Kier molecular flexibility index (Phi) is 2.67. The van der Waals surface area contributed by atoms with Crippen molar-refractivity contribution in [2.75, 3.05) is 0 Å². The molecule has 3 heteroatoms. The van der Waals surface area contributed by atoms with E-state index in [2.05, 4.69) is 6.92 Å². The smallest absolute Gasteiger partial charge is 0.174 e. The summed E-state index contributed by atoms with van der Waals surface area (Å²) in [5.74, 6) is 2.98. The Morgan fingerprint density at radius 2 is 2.05 bits per heavy atom. The van der Waals surface area contributed by atoms with Gasteiger partial charge < -0.3 is 5.11 Å². The molecule has 0 aromatic heterocycles. The summed E-state index contributed by atoms with van der Waals surface area (Å²) < 4.78 is 0. The molecule has 7 atom stereocenters. The second-order valence-corrected chi connectivity index (χ2v) is 9.24. The molecular formula is C19H25ClO2. The first-order chi connectivity index (χ1) is 10.5. The molecule has 0 aliphatic heterocycles. The number of carbonyl (C=O) groups excluding carboxylic acids is 1. The van der Waals surface area contributed by atoms with E-state index in [0.717, 1.165) is 31.1 Å². The molecule has 5 aliphatic rings. The van der Waals surface area contributed by atoms with Crippen LogP contribution in [-0.2, 0) is 4.79 Å². The summed E-state index contributed by atoms with van der Waals surface area (Å²) in [6, 6.07) is 0. The van der Waals surface area contributed by atoms with E-state index in [4.69, 9.17) is 11.6 Å². The number of aliphatic hydroxyl groups excluding tert-OH is 1. The minimum absolute atomic E-state index is 0.0827. The third kappa shape index (κ3) is 1.41. The van der Waals surface area contributed by atoms with E-state index in [1.54, 1.807) is 0 Å². The van der Waals surface area contributed by atoms with Crippen molar-refractivity contribution in [3.63, 3.8) is 0 Å². The van der Waals surface area contributed by atoms with Crippen molar-refractivity contribution in [3.8, 4) is 0 Å². The van der Waals surface area contributed by atoms with Gasteiger partial charge >= 0.3 is 0 Å². The highest BCUT2D eigenvalue weighted by atomic mass is 35.5. The van der Waals surface area contributed by atoms with Gasteiger partial charge in [-0.1, -0.05) is 18.5 Å². The van der Waals surface area contributed by atoms with E-state index in [-0.39, 0.29) is 17.3 Å². The Morgan fingerprint density at radius 3 is 2.86 bits per heavy atom. The van der Waals surface area contributed by atoms with Crippen LogP contribution in [-0.4, -0.2) is 17.0 Å². The highest BCUT2D eigenvalue weighted by molar-refractivity contribution is 6.43. The second-order valence-electron chi connectivity index (χ2n) is 8.87. The highest BCUT2D eigenvalue weighted by Crippen LogP contribution is 2.81. The predicted molar refractivity (Wildman–Crippen MR) is 85.3 cm³/mol. The molecule has 0 amide bonds. The number of hydrogen-bond acceptors (Lipinski definition) is 2. The van der Waals surface area contributed by atoms with E-state index < -0.39 is 0 Å². The zero-order valence-electron chi connectivity index (χ0n) is 13.3. The maximum atomic E-state index is 11.9. The van der Waals surface area contributed by atoms with Crippen LogP contribution < -0.4 is 0 Å². The van der Waals surface area contributed by atoms with Crippen LogP contribution >= 0.6 is 11.6 Å². The molecule has 5 rings (SSSR count). The maximum Gasteiger partial charge on any atom is 0.174 e. The number of fused-ring (bicyclic) bond motifs is 3. The number of halogens is 1. The lowest BCUT2D eigenvalue weighted by molar-refractivity contribution is -0.117. The molecule has 0 bridgehead atoms. The minimum Gasteiger partial charge on any atom is -0.393 e. The Morgan fingerprint density at radius 1 is 1.23 bits per heavy atom. The van der Waals surface area contributed by atoms with Crippen molar-refractivity contribution in [1.29, 1.82) is 0 Å². The van der Waals surface area contributed by atoms with E-state index in [1.165, 1.54) is 31.3 Å². The molecular weight excluding hydrogens is 296 g/mol. The molecule has 120 valence electrons. The topological polar surface area (TPSA) is 37.3 Å². The number of allylic oxidation sites excluding steroid dienone is 1. The minimum atomic E-state index is -0.0827. The van der Waals surface area contributed by atoms with Gasteiger partial charge in [0.15, 0.2) is 5.78 Å². The van der Waals surface area contributed by atoms with Crippen LogP contribution in [0.3, 0.4) is 0 Å². The van der Waals surface area contributed by atoms with Crippen molar-refractivity contribution in [3.05, 3.63) is 10.6 Å². The number of ketones is 1. The van der Waals surface area contributed by atoms with E-state index >= 15 is 0 Å². The molecule has 0 unspecified atom stereocenters. The lowest BCUT2D eigenvalue weighted by atomic mass is 9.49. The van der Waals surface area contributed by atoms with Gasteiger partial charge in [-0.15, -0.1) is 0 Å². The van der Waals surface area contributed by atoms with Crippen molar-refractivity contribution in [1.82, 2.24) is 0 Å². The molecule has 0 saturated heterocycles. The van der Waals surface area contributed by atoms with E-state index in [1.807, 2.05) is 0 Å². The molecule has 4 fully saturated rings. The molecule has 2 nitrogen and oxygen atoms in total. The standard InChI is InChI=1S/C19H25ClO2/c1-18-7-6-12-11-3-5-15(21)17(20)13(11)2-4-14(12)19(18)9-10(19)8-16(18)22/h10-12,14,16,22H,2-9H2,1H3/t10-,11-,12-,14-,16-,18-,19+/m1/s1. The van der Waals surface area contributed by atoms with Crippen LogP contribution in [0.2, 0.25) is 0 Å². The van der Waals surface area contributed by atoms with Crippen molar-refractivity contribution >= 4 is 17.4 Å². The molecule has 0 aromatic rings. The van der Waals surface area contributed by atoms with Crippen LogP contribution in [0.15, 0.2) is 10.6 Å². The van der Waals surface area contributed by atoms with Crippen molar-refractivity contribution < 1.29 is 9.90 Å². The van der Waals surface area contributed by atoms with Crippen molar-refractivity contribution in [2.45, 2.75) is 64.4 Å². The lowest BCUT2D eigenvalue weighted by Gasteiger charge is -2.55. The Bertz CT molecular complexity index is 596. The maximum absolute atomic E-state index is 11.9. The Balaban J connectivity index is 1.54. The zero-order valence-corrected chi connectivity index (χ0v) is 14.0. The van der Waals surface area contributed by atoms with Crippen molar-refractivity contribution in [2.24, 2.45) is 34.5 Å². The van der Waals surface area contributed by atoms with Gasteiger partial charge in [0.05, 0.1) is 11.1 Å². The average molecular weight is 321 g/mol. The van der Waals surface area contributed by atoms with E-state index in [9.17, 15) is 9.90 Å². The molecule has 0 radical (unpaired) electrons. The molecule has 1 spiro atoms. The fraction of sp³-hybridized carbons (Fsp3) is 0.842. The Labute approximate surface area is 137 Å². The normalized spacial score (nSPS) is 56.1. The quantitative estimate of drug-likeness (QED) is 0.731. The zero-order chi connectivity index (χ0) is 15.3. The highest BCUT2D eigenvalue weighted by Gasteiger charge is 2.76. The van der Waals surface area contributed by atoms with E-state index in [0.29, 0.717) is 28.7 Å². The third-order valence-electron chi connectivity index (χ3n) is 8.53. The van der Waals surface area contributed by atoms with Gasteiger partial charge in [-0.2, -0.15) is 0 Å². The fourth-order valence-corrected chi connectivity index (χ4v) is 7.78. The summed E-state index contributed by atoms with van der Waals surface area (Å²) in [5.41, 5.74) is 1.87. The van der Waals surface area contributed by atoms with Crippen LogP contribution in [0.1, 0.15) is 58.3 Å². The first-order valence-corrected chi connectivity index (χ1v) is 9.46. The lowest BCUT2D eigenvalue weighted by Crippen LogP contribution is -2.50. The fourth-order valence-electron chi connectivity index (χ4n) is 7.45. The van der Waals surface area contributed by atoms with Crippen LogP contribution in [0.4, 0.5) is 0 Å². The van der Waals surface area contributed by atoms with Gasteiger partial charge in [-0.05, 0) is 85.0 Å². The molecule has 0 heterocycles. The van der Waals surface area contributed by atoms with Gasteiger partial charge in [0.1, 0.15) is 0 Å². The third-order valence-corrected chi connectivity index (χ3v) is 8.99. The summed E-state index contributed by atoms with van der Waals surface area (Å²) in [5, 5.41) is 11.2. The predicted octanol–water partition coefficient (Wildman–Crippen LogP) is 4.06. The summed E-state index contributed by atoms with van der Waals surface area (Å²) >= 11 is 6.37. The van der Waals surface area contributed by atoms with Gasteiger partial charge in [0, 0.05) is 6.42 Å². The summed E-state index contributed by atoms with van der Waals surface area (Å²) in [7, 11) is 0. The Hall–Kier alpha value is -0.340. The summed E-state index contributed by atoms with van der Waals surface area (Å²) in [6.45, 7) is 2.36. The first kappa shape index (κ1) is 14.0. The summed E-state index contributed by atoms with van der Waals surface area (Å²) in [6.07, 6.45) is 8.57. The molecule has 0 aromatic carbocycles. The number of carbonyl (C=O) groups is 1. The average Bonchev–Trinajstić information content (AvgIpc) is 3.16. The molecule has 22 heavy (non-hydrogen) atoms. The molecule has 4 saturated carbocycles.